The number of amidine groups is 1. The minimum absolute atomic E-state index is 0.0345. The first-order valence-corrected chi connectivity index (χ1v) is 7.37. The molecule has 0 saturated carbocycles. The van der Waals surface area contributed by atoms with Gasteiger partial charge in [-0.1, -0.05) is 0 Å². The van der Waals surface area contributed by atoms with Crippen LogP contribution in [0.25, 0.3) is 0 Å². The molecule has 0 bridgehead atoms. The number of halogens is 2. The molecule has 0 radical (unpaired) electrons. The summed E-state index contributed by atoms with van der Waals surface area (Å²) in [6.07, 6.45) is 0.0963. The Balaban J connectivity index is 2.26. The van der Waals surface area contributed by atoms with E-state index in [0.717, 1.165) is 6.07 Å². The molecule has 0 aromatic heterocycles. The van der Waals surface area contributed by atoms with E-state index < -0.39 is 22.6 Å². The number of aliphatic imine (C=N–C) groups is 1. The molecule has 2 heterocycles. The molecule has 2 aliphatic heterocycles. The lowest BCUT2D eigenvalue weighted by Crippen LogP contribution is -2.49. The Morgan fingerprint density at radius 3 is 2.74 bits per heavy atom. The van der Waals surface area contributed by atoms with E-state index in [1.54, 1.807) is 6.92 Å². The van der Waals surface area contributed by atoms with Crippen molar-refractivity contribution in [2.24, 2.45) is 22.1 Å². The predicted octanol–water partition coefficient (Wildman–Crippen LogP) is 2.07. The number of nitrogens with two attached hydrogens (primary N) is 2. The van der Waals surface area contributed by atoms with Crippen molar-refractivity contribution in [3.63, 3.8) is 0 Å². The van der Waals surface area contributed by atoms with Crippen LogP contribution < -0.4 is 11.5 Å². The maximum atomic E-state index is 14.5. The largest absolute Gasteiger partial charge is 0.399 e. The van der Waals surface area contributed by atoms with Crippen molar-refractivity contribution in [3.8, 4) is 6.07 Å². The fraction of sp³-hybridized carbons (Fsp3) is 0.500. The third-order valence-corrected chi connectivity index (χ3v) is 5.02. The van der Waals surface area contributed by atoms with Crippen LogP contribution in [-0.4, -0.2) is 18.5 Å². The quantitative estimate of drug-likeness (QED) is 0.774. The molecular formula is C16H18F2N4O. The molecule has 1 aromatic carbocycles. The number of rotatable bonds is 1. The number of fused-ring (bicyclic) bond motifs is 1. The minimum atomic E-state index is -1.15. The van der Waals surface area contributed by atoms with Crippen LogP contribution >= 0.6 is 0 Å². The highest BCUT2D eigenvalue weighted by Gasteiger charge is 2.57. The summed E-state index contributed by atoms with van der Waals surface area (Å²) < 4.78 is 34.0. The molecule has 0 unspecified atom stereocenters. The van der Waals surface area contributed by atoms with Gasteiger partial charge in [-0.15, -0.1) is 0 Å². The van der Waals surface area contributed by atoms with Gasteiger partial charge in [0, 0.05) is 17.2 Å². The van der Waals surface area contributed by atoms with Crippen LogP contribution in [0.3, 0.4) is 0 Å². The van der Waals surface area contributed by atoms with Crippen molar-refractivity contribution >= 4 is 11.5 Å². The molecule has 4 N–H and O–H groups in total. The van der Waals surface area contributed by atoms with Crippen molar-refractivity contribution in [1.29, 1.82) is 5.26 Å². The van der Waals surface area contributed by atoms with Crippen LogP contribution in [0.15, 0.2) is 17.1 Å². The Hall–Kier alpha value is -2.20. The highest BCUT2D eigenvalue weighted by molar-refractivity contribution is 5.90. The van der Waals surface area contributed by atoms with Crippen LogP contribution in [0.1, 0.15) is 25.8 Å². The lowest BCUT2D eigenvalue weighted by Gasteiger charge is -2.41. The summed E-state index contributed by atoms with van der Waals surface area (Å²) in [7, 11) is 0. The van der Waals surface area contributed by atoms with Gasteiger partial charge in [-0.25, -0.2) is 8.78 Å². The summed E-state index contributed by atoms with van der Waals surface area (Å²) in [4.78, 5) is 4.45. The van der Waals surface area contributed by atoms with Crippen LogP contribution in [0.5, 0.6) is 0 Å². The molecule has 0 aliphatic carbocycles. The van der Waals surface area contributed by atoms with Gasteiger partial charge in [0.05, 0.1) is 18.8 Å². The molecule has 2 aliphatic rings. The van der Waals surface area contributed by atoms with Crippen LogP contribution in [0.4, 0.5) is 14.5 Å². The molecule has 7 heteroatoms. The van der Waals surface area contributed by atoms with E-state index in [9.17, 15) is 14.0 Å². The van der Waals surface area contributed by atoms with Crippen molar-refractivity contribution in [3.05, 3.63) is 29.3 Å². The number of nitriles is 1. The molecule has 4 atom stereocenters. The summed E-state index contributed by atoms with van der Waals surface area (Å²) >= 11 is 0. The van der Waals surface area contributed by atoms with Crippen LogP contribution in [-0.2, 0) is 10.3 Å². The molecule has 3 rings (SSSR count). The summed E-state index contributed by atoms with van der Waals surface area (Å²) in [6, 6.07) is 4.47. The van der Waals surface area contributed by atoms with Gasteiger partial charge in [0.1, 0.15) is 16.8 Å². The number of anilines is 1. The third-order valence-electron chi connectivity index (χ3n) is 5.02. The van der Waals surface area contributed by atoms with E-state index in [0.29, 0.717) is 6.42 Å². The van der Waals surface area contributed by atoms with Crippen molar-refractivity contribution in [1.82, 2.24) is 0 Å². The molecule has 5 nitrogen and oxygen atoms in total. The second kappa shape index (κ2) is 4.90. The second-order valence-corrected chi connectivity index (χ2v) is 6.56. The molecule has 0 spiro atoms. The zero-order valence-corrected chi connectivity index (χ0v) is 12.9. The van der Waals surface area contributed by atoms with Crippen molar-refractivity contribution < 1.29 is 13.5 Å². The van der Waals surface area contributed by atoms with Gasteiger partial charge < -0.3 is 16.2 Å². The van der Waals surface area contributed by atoms with Gasteiger partial charge in [0.15, 0.2) is 11.6 Å². The fourth-order valence-electron chi connectivity index (χ4n) is 3.57. The van der Waals surface area contributed by atoms with E-state index in [1.807, 2.05) is 6.92 Å². The smallest absolute Gasteiger partial charge is 0.164 e. The average Bonchev–Trinajstić information content (AvgIpc) is 2.81. The standard InChI is InChI=1S/C16H18F2N4O/c1-8-11-5-15(2,6-19)14(21)22-16(11,7-23-8)10-3-9(20)4-12(17)13(10)18/h3-4,8,11H,5,7,20H2,1-2H3,(H2,21,22)/t8-,11-,15-,16-/m1/s1. The van der Waals surface area contributed by atoms with E-state index in [-0.39, 0.29) is 35.7 Å². The van der Waals surface area contributed by atoms with Gasteiger partial charge in [0.25, 0.3) is 0 Å². The van der Waals surface area contributed by atoms with Crippen molar-refractivity contribution in [2.45, 2.75) is 31.9 Å². The summed E-state index contributed by atoms with van der Waals surface area (Å²) in [5.74, 6) is -2.22. The first-order valence-electron chi connectivity index (χ1n) is 7.37. The fourth-order valence-corrected chi connectivity index (χ4v) is 3.57. The van der Waals surface area contributed by atoms with E-state index >= 15 is 0 Å². The van der Waals surface area contributed by atoms with Crippen molar-refractivity contribution in [2.75, 3.05) is 12.3 Å². The second-order valence-electron chi connectivity index (χ2n) is 6.56. The Kier molecular flexibility index (Phi) is 3.34. The van der Waals surface area contributed by atoms with Gasteiger partial charge in [-0.3, -0.25) is 4.99 Å². The summed E-state index contributed by atoms with van der Waals surface area (Å²) in [5.41, 5.74) is 9.72. The Labute approximate surface area is 132 Å². The molecule has 1 aromatic rings. The molecular weight excluding hydrogens is 302 g/mol. The van der Waals surface area contributed by atoms with Crippen LogP contribution in [0, 0.1) is 34.3 Å². The molecule has 1 saturated heterocycles. The normalized spacial score (nSPS) is 36.2. The molecule has 1 fully saturated rings. The summed E-state index contributed by atoms with van der Waals surface area (Å²) in [6.45, 7) is 3.60. The third kappa shape index (κ3) is 2.09. The zero-order valence-electron chi connectivity index (χ0n) is 12.9. The number of ether oxygens (including phenoxy) is 1. The SMILES string of the molecule is C[C@H]1OC[C@]2(c3cc(N)cc(F)c3F)N=C(N)[C@@](C)(C#N)C[C@H]12. The highest BCUT2D eigenvalue weighted by Crippen LogP contribution is 2.52. The van der Waals surface area contributed by atoms with Gasteiger partial charge >= 0.3 is 0 Å². The monoisotopic (exact) mass is 320 g/mol. The Bertz CT molecular complexity index is 744. The number of hydrogen-bond acceptors (Lipinski definition) is 5. The topological polar surface area (TPSA) is 97.4 Å². The number of benzene rings is 1. The van der Waals surface area contributed by atoms with Gasteiger partial charge in [-0.2, -0.15) is 5.26 Å². The lowest BCUT2D eigenvalue weighted by molar-refractivity contribution is 0.0996. The molecule has 122 valence electrons. The Morgan fingerprint density at radius 2 is 2.09 bits per heavy atom. The number of hydrogen-bond donors (Lipinski definition) is 2. The minimum Gasteiger partial charge on any atom is -0.399 e. The lowest BCUT2D eigenvalue weighted by atomic mass is 9.67. The maximum absolute atomic E-state index is 14.5. The predicted molar refractivity (Wildman–Crippen MR) is 81.3 cm³/mol. The summed E-state index contributed by atoms with van der Waals surface area (Å²) in [5, 5.41) is 9.42. The number of nitrogens with zero attached hydrogens (tertiary/aromatic N) is 2. The maximum Gasteiger partial charge on any atom is 0.164 e. The van der Waals surface area contributed by atoms with E-state index in [1.165, 1.54) is 6.07 Å². The van der Waals surface area contributed by atoms with E-state index in [4.69, 9.17) is 16.2 Å². The number of nitrogen functional groups attached to an aromatic ring is 1. The first-order chi connectivity index (χ1) is 10.7. The zero-order chi connectivity index (χ0) is 17.0. The van der Waals surface area contributed by atoms with Gasteiger partial charge in [-0.05, 0) is 32.4 Å². The molecule has 0 amide bonds. The Morgan fingerprint density at radius 1 is 1.39 bits per heavy atom. The van der Waals surface area contributed by atoms with E-state index in [2.05, 4.69) is 11.1 Å². The average molecular weight is 320 g/mol. The first kappa shape index (κ1) is 15.7. The van der Waals surface area contributed by atoms with Crippen LogP contribution in [0.2, 0.25) is 0 Å². The highest BCUT2D eigenvalue weighted by atomic mass is 19.2. The molecule has 23 heavy (non-hydrogen) atoms. The van der Waals surface area contributed by atoms with Gasteiger partial charge in [0.2, 0.25) is 0 Å².